The highest BCUT2D eigenvalue weighted by molar-refractivity contribution is 8.13. The summed E-state index contributed by atoms with van der Waals surface area (Å²) in [6.45, 7) is 9.94. The number of piperazine rings is 2. The van der Waals surface area contributed by atoms with E-state index in [0.717, 1.165) is 77.4 Å². The molecule has 12 nitrogen and oxygen atoms in total. The SMILES string of the molecule is CCc1ccc(S(=O)(=O)Cl)cc1.CCc1ccc(S(=O)(=O)N2CCN(c3nc(Cc4ccc(F)cc4)ns3)CC2)cc1.Fc1ccc(Cc2nsc(N3CCNCC3)n2)cc1. The molecular weight excluding hydrogens is 882 g/mol. The van der Waals surface area contributed by atoms with Crippen LogP contribution in [0.2, 0.25) is 0 Å². The lowest BCUT2D eigenvalue weighted by molar-refractivity contribution is 0.384. The van der Waals surface area contributed by atoms with Crippen LogP contribution in [0.3, 0.4) is 0 Å². The number of aromatic nitrogens is 4. The van der Waals surface area contributed by atoms with Gasteiger partial charge in [0.05, 0.1) is 9.79 Å². The van der Waals surface area contributed by atoms with Crippen LogP contribution in [-0.2, 0) is 44.8 Å². The van der Waals surface area contributed by atoms with E-state index in [1.165, 1.54) is 63.8 Å². The first-order chi connectivity index (χ1) is 29.3. The van der Waals surface area contributed by atoms with Gasteiger partial charge in [-0.2, -0.15) is 13.1 Å². The second-order valence-corrected chi connectivity index (χ2v) is 20.1. The molecule has 2 aromatic heterocycles. The Hall–Kier alpha value is -4.43. The maximum absolute atomic E-state index is 13.0. The average Bonchev–Trinajstić information content (AvgIpc) is 3.96. The van der Waals surface area contributed by atoms with Crippen molar-refractivity contribution < 1.29 is 25.6 Å². The molecule has 8 rings (SSSR count). The third-order valence-electron chi connectivity index (χ3n) is 9.94. The predicted molar refractivity (Wildman–Crippen MR) is 239 cm³/mol. The van der Waals surface area contributed by atoms with E-state index in [-0.39, 0.29) is 16.5 Å². The number of halogens is 3. The molecule has 0 bridgehead atoms. The molecule has 6 aromatic rings. The van der Waals surface area contributed by atoms with E-state index in [2.05, 4.69) is 33.8 Å². The molecule has 4 aromatic carbocycles. The van der Waals surface area contributed by atoms with E-state index >= 15 is 0 Å². The van der Waals surface area contributed by atoms with Gasteiger partial charge >= 0.3 is 0 Å². The van der Waals surface area contributed by atoms with Crippen LogP contribution in [0.25, 0.3) is 0 Å². The number of anilines is 2. The van der Waals surface area contributed by atoms with Crippen LogP contribution < -0.4 is 15.1 Å². The van der Waals surface area contributed by atoms with Gasteiger partial charge in [-0.1, -0.05) is 62.4 Å². The lowest BCUT2D eigenvalue weighted by atomic mass is 10.1. The lowest BCUT2D eigenvalue weighted by Crippen LogP contribution is -2.48. The molecule has 2 aliphatic rings. The van der Waals surface area contributed by atoms with Gasteiger partial charge in [-0.15, -0.1) is 0 Å². The van der Waals surface area contributed by atoms with Crippen LogP contribution in [-0.4, -0.2) is 92.2 Å². The normalized spacial score (nSPS) is 14.8. The molecule has 324 valence electrons. The third-order valence-corrected chi connectivity index (χ3v) is 14.9. The number of rotatable bonds is 11. The van der Waals surface area contributed by atoms with Crippen LogP contribution in [0.5, 0.6) is 0 Å². The van der Waals surface area contributed by atoms with Crippen molar-refractivity contribution >= 4 is 63.1 Å². The molecule has 0 saturated carbocycles. The fraction of sp³-hybridized carbons (Fsp3) is 0.333. The lowest BCUT2D eigenvalue weighted by Gasteiger charge is -2.33. The number of nitrogens with zero attached hydrogens (tertiary/aromatic N) is 7. The minimum atomic E-state index is -3.56. The average molecular weight is 930 g/mol. The maximum Gasteiger partial charge on any atom is 0.261 e. The highest BCUT2D eigenvalue weighted by Crippen LogP contribution is 2.24. The number of sulfonamides is 1. The maximum atomic E-state index is 13.0. The third kappa shape index (κ3) is 13.3. The first kappa shape index (κ1) is 46.1. The molecule has 61 heavy (non-hydrogen) atoms. The van der Waals surface area contributed by atoms with Crippen molar-refractivity contribution in [3.63, 3.8) is 0 Å². The Labute approximate surface area is 369 Å². The Morgan fingerprint density at radius 3 is 1.38 bits per heavy atom. The molecule has 4 heterocycles. The summed E-state index contributed by atoms with van der Waals surface area (Å²) < 4.78 is 83.6. The summed E-state index contributed by atoms with van der Waals surface area (Å²) in [5.41, 5.74) is 4.20. The van der Waals surface area contributed by atoms with Gasteiger partial charge in [0.2, 0.25) is 20.3 Å². The Kier molecular flexibility index (Phi) is 16.3. The molecule has 0 unspecified atom stereocenters. The predicted octanol–water partition coefficient (Wildman–Crippen LogP) is 7.20. The molecule has 0 spiro atoms. The zero-order chi connectivity index (χ0) is 43.4. The molecule has 1 N–H and O–H groups in total. The van der Waals surface area contributed by atoms with Gasteiger partial charge in [0.1, 0.15) is 23.3 Å². The molecule has 0 atom stereocenters. The molecule has 2 saturated heterocycles. The molecule has 0 radical (unpaired) electrons. The molecule has 2 aliphatic heterocycles. The fourth-order valence-corrected chi connectivity index (χ4v) is 10.0. The minimum Gasteiger partial charge on any atom is -0.344 e. The van der Waals surface area contributed by atoms with E-state index in [1.807, 2.05) is 26.0 Å². The first-order valence-electron chi connectivity index (χ1n) is 19.8. The van der Waals surface area contributed by atoms with E-state index in [0.29, 0.717) is 49.7 Å². The van der Waals surface area contributed by atoms with E-state index < -0.39 is 19.1 Å². The van der Waals surface area contributed by atoms with Crippen molar-refractivity contribution in [1.82, 2.24) is 28.3 Å². The summed E-state index contributed by atoms with van der Waals surface area (Å²) >= 11 is 2.75. The zero-order valence-electron chi connectivity index (χ0n) is 33.8. The van der Waals surface area contributed by atoms with Crippen molar-refractivity contribution in [3.05, 3.63) is 143 Å². The van der Waals surface area contributed by atoms with Crippen LogP contribution in [0, 0.1) is 11.6 Å². The van der Waals surface area contributed by atoms with Crippen molar-refractivity contribution in [3.8, 4) is 0 Å². The standard InChI is InChI=1S/C21H23FN4O2S2.C13H15FN4S.C8H9ClO2S/c1-2-16-5-9-19(10-6-16)30(27,28)26-13-11-25(12-14-26)21-23-20(24-29-21)15-17-3-7-18(22)8-4-17;14-11-3-1-10(2-4-11)9-12-16-13(19-17-12)18-7-5-15-6-8-18;1-2-7-3-5-8(6-4-7)12(9,10)11/h3-10H,2,11-15H2,1H3;1-4,15H,5-9H2;3-6H,2H2,1H3. The van der Waals surface area contributed by atoms with E-state index in [4.69, 9.17) is 10.7 Å². The molecule has 2 fully saturated rings. The van der Waals surface area contributed by atoms with Gasteiger partial charge in [0.15, 0.2) is 0 Å². The summed E-state index contributed by atoms with van der Waals surface area (Å²) in [4.78, 5) is 14.0. The van der Waals surface area contributed by atoms with Gasteiger partial charge in [0.25, 0.3) is 9.05 Å². The Balaban J connectivity index is 0.000000171. The van der Waals surface area contributed by atoms with E-state index in [9.17, 15) is 25.6 Å². The van der Waals surface area contributed by atoms with Crippen molar-refractivity contribution in [2.24, 2.45) is 0 Å². The summed E-state index contributed by atoms with van der Waals surface area (Å²) in [6, 6.07) is 26.5. The second-order valence-electron chi connectivity index (χ2n) is 14.2. The number of hydrogen-bond acceptors (Lipinski definition) is 13. The smallest absolute Gasteiger partial charge is 0.261 e. The van der Waals surface area contributed by atoms with Crippen LogP contribution in [0.1, 0.15) is 47.8 Å². The van der Waals surface area contributed by atoms with Crippen molar-refractivity contribution in [2.75, 3.05) is 62.2 Å². The van der Waals surface area contributed by atoms with Gasteiger partial charge in [-0.25, -0.2) is 35.6 Å². The summed E-state index contributed by atoms with van der Waals surface area (Å²) in [5.74, 6) is 1.02. The van der Waals surface area contributed by atoms with Gasteiger partial charge in [-0.3, -0.25) is 0 Å². The first-order valence-corrected chi connectivity index (χ1v) is 25.1. The van der Waals surface area contributed by atoms with Crippen molar-refractivity contribution in [1.29, 1.82) is 0 Å². The topological polar surface area (TPSA) is 142 Å². The van der Waals surface area contributed by atoms with Crippen LogP contribution in [0.15, 0.2) is 107 Å². The van der Waals surface area contributed by atoms with Gasteiger partial charge in [0, 0.05) is 98.9 Å². The molecule has 19 heteroatoms. The Bertz CT molecular complexity index is 2510. The largest absolute Gasteiger partial charge is 0.344 e. The quantitative estimate of drug-likeness (QED) is 0.132. The van der Waals surface area contributed by atoms with E-state index in [1.54, 1.807) is 48.5 Å². The monoisotopic (exact) mass is 928 g/mol. The highest BCUT2D eigenvalue weighted by Gasteiger charge is 2.29. The summed E-state index contributed by atoms with van der Waals surface area (Å²) in [6.07, 6.45) is 2.97. The fourth-order valence-electron chi connectivity index (χ4n) is 6.37. The number of benzene rings is 4. The second kappa shape index (κ2) is 21.6. The van der Waals surface area contributed by atoms with Gasteiger partial charge < -0.3 is 15.1 Å². The zero-order valence-corrected chi connectivity index (χ0v) is 37.8. The minimum absolute atomic E-state index is 0.154. The van der Waals surface area contributed by atoms with Gasteiger partial charge in [-0.05, 0) is 83.6 Å². The number of aryl methyl sites for hydroxylation is 2. The number of hydrogen-bond donors (Lipinski definition) is 1. The summed E-state index contributed by atoms with van der Waals surface area (Å²) in [7, 11) is -1.92. The highest BCUT2D eigenvalue weighted by atomic mass is 35.7. The number of nitrogens with one attached hydrogen (secondary N) is 1. The molecule has 0 aliphatic carbocycles. The Morgan fingerprint density at radius 2 is 0.967 bits per heavy atom. The molecule has 0 amide bonds. The Morgan fingerprint density at radius 1 is 0.574 bits per heavy atom. The van der Waals surface area contributed by atoms with Crippen LogP contribution in [0.4, 0.5) is 19.0 Å². The molecular formula is C42H47ClF2N8O4S4. The van der Waals surface area contributed by atoms with Crippen LogP contribution >= 0.6 is 33.7 Å². The summed E-state index contributed by atoms with van der Waals surface area (Å²) in [5, 5.41) is 5.09. The van der Waals surface area contributed by atoms with Crippen molar-refractivity contribution in [2.45, 2.75) is 49.3 Å².